The highest BCUT2D eigenvalue weighted by Crippen LogP contribution is 2.44. The number of aromatic nitrogens is 3. The van der Waals surface area contributed by atoms with Crippen LogP contribution in [0.25, 0.3) is 22.2 Å². The predicted octanol–water partition coefficient (Wildman–Crippen LogP) is 4.05. The van der Waals surface area contributed by atoms with E-state index in [9.17, 15) is 4.79 Å². The van der Waals surface area contributed by atoms with Crippen LogP contribution in [-0.4, -0.2) is 45.3 Å². The Kier molecular flexibility index (Phi) is 3.92. The molecule has 1 saturated carbocycles. The van der Waals surface area contributed by atoms with Gasteiger partial charge in [-0.2, -0.15) is 5.10 Å². The van der Waals surface area contributed by atoms with E-state index in [4.69, 9.17) is 10.1 Å². The number of likely N-dealkylation sites (tertiary alicyclic amines) is 1. The molecule has 2 fully saturated rings. The lowest BCUT2D eigenvalue weighted by atomic mass is 9.82. The van der Waals surface area contributed by atoms with Gasteiger partial charge in [0, 0.05) is 54.4 Å². The first-order valence-electron chi connectivity index (χ1n) is 11.2. The lowest BCUT2D eigenvalue weighted by Crippen LogP contribution is -2.40. The first kappa shape index (κ1) is 17.9. The molecule has 3 aromatic rings. The van der Waals surface area contributed by atoms with Gasteiger partial charge >= 0.3 is 6.03 Å². The van der Waals surface area contributed by atoms with Crippen molar-refractivity contribution in [2.75, 3.05) is 19.6 Å². The van der Waals surface area contributed by atoms with Gasteiger partial charge in [-0.1, -0.05) is 6.07 Å². The van der Waals surface area contributed by atoms with Crippen molar-refractivity contribution in [2.45, 2.75) is 50.5 Å². The highest BCUT2D eigenvalue weighted by atomic mass is 16.2. The molecule has 30 heavy (non-hydrogen) atoms. The molecule has 2 aliphatic heterocycles. The number of hydrogen-bond acceptors (Lipinski definition) is 3. The lowest BCUT2D eigenvalue weighted by molar-refractivity contribution is 0.206. The molecule has 6 nitrogen and oxygen atoms in total. The maximum Gasteiger partial charge on any atom is 0.317 e. The zero-order valence-corrected chi connectivity index (χ0v) is 17.4. The van der Waals surface area contributed by atoms with Crippen molar-refractivity contribution in [3.8, 4) is 11.3 Å². The molecule has 154 valence electrons. The number of rotatable bonds is 3. The Morgan fingerprint density at radius 3 is 2.90 bits per heavy atom. The van der Waals surface area contributed by atoms with Crippen LogP contribution in [0.5, 0.6) is 0 Å². The van der Waals surface area contributed by atoms with Crippen LogP contribution >= 0.6 is 0 Å². The molecule has 1 N–H and O–H groups in total. The van der Waals surface area contributed by atoms with E-state index in [-0.39, 0.29) is 11.4 Å². The van der Waals surface area contributed by atoms with Crippen molar-refractivity contribution in [3.63, 3.8) is 0 Å². The summed E-state index contributed by atoms with van der Waals surface area (Å²) in [5.74, 6) is 0.740. The van der Waals surface area contributed by atoms with Crippen LogP contribution in [-0.2, 0) is 12.0 Å². The van der Waals surface area contributed by atoms with Gasteiger partial charge < -0.3 is 10.2 Å². The third-order valence-electron chi connectivity index (χ3n) is 7.14. The van der Waals surface area contributed by atoms with Gasteiger partial charge in [0.1, 0.15) is 0 Å². The minimum atomic E-state index is 0.0414. The topological polar surface area (TPSA) is 63.1 Å². The van der Waals surface area contributed by atoms with Crippen LogP contribution in [0.15, 0.2) is 36.5 Å². The summed E-state index contributed by atoms with van der Waals surface area (Å²) in [4.78, 5) is 19.0. The van der Waals surface area contributed by atoms with Gasteiger partial charge in [-0.25, -0.2) is 4.79 Å². The Morgan fingerprint density at radius 2 is 2.07 bits per heavy atom. The summed E-state index contributed by atoms with van der Waals surface area (Å²) >= 11 is 0. The van der Waals surface area contributed by atoms with Crippen molar-refractivity contribution in [1.82, 2.24) is 25.0 Å². The summed E-state index contributed by atoms with van der Waals surface area (Å²) in [7, 11) is 0. The summed E-state index contributed by atoms with van der Waals surface area (Å²) < 4.78 is 2.15. The zero-order valence-electron chi connectivity index (χ0n) is 17.4. The first-order valence-corrected chi connectivity index (χ1v) is 11.2. The molecule has 1 aromatic carbocycles. The van der Waals surface area contributed by atoms with Gasteiger partial charge in [0.15, 0.2) is 0 Å². The molecule has 3 aliphatic rings. The fraction of sp³-hybridized carbons (Fsp3) is 0.458. The summed E-state index contributed by atoms with van der Waals surface area (Å²) in [6.45, 7) is 5.15. The maximum absolute atomic E-state index is 12.3. The van der Waals surface area contributed by atoms with Gasteiger partial charge in [-0.15, -0.1) is 0 Å². The molecule has 1 saturated heterocycles. The van der Waals surface area contributed by atoms with Gasteiger partial charge in [-0.3, -0.25) is 9.67 Å². The molecule has 1 unspecified atom stereocenters. The number of urea groups is 1. The zero-order chi connectivity index (χ0) is 20.3. The number of carbonyl (C=O) groups excluding carboxylic acids is 1. The van der Waals surface area contributed by atoms with E-state index < -0.39 is 0 Å². The maximum atomic E-state index is 12.3. The van der Waals surface area contributed by atoms with Crippen LogP contribution < -0.4 is 5.32 Å². The van der Waals surface area contributed by atoms with E-state index in [0.29, 0.717) is 6.54 Å². The molecule has 0 bridgehead atoms. The van der Waals surface area contributed by atoms with Crippen molar-refractivity contribution < 1.29 is 4.79 Å². The smallest absolute Gasteiger partial charge is 0.317 e. The van der Waals surface area contributed by atoms with Crippen molar-refractivity contribution in [1.29, 1.82) is 0 Å². The molecule has 2 amide bonds. The predicted molar refractivity (Wildman–Crippen MR) is 116 cm³/mol. The van der Waals surface area contributed by atoms with E-state index in [1.54, 1.807) is 0 Å². The largest absolute Gasteiger partial charge is 0.338 e. The van der Waals surface area contributed by atoms with Crippen LogP contribution in [0.2, 0.25) is 0 Å². The van der Waals surface area contributed by atoms with Gasteiger partial charge in [0.2, 0.25) is 0 Å². The molecule has 0 radical (unpaired) electrons. The minimum absolute atomic E-state index is 0.0414. The second kappa shape index (κ2) is 6.56. The minimum Gasteiger partial charge on any atom is -0.338 e. The highest BCUT2D eigenvalue weighted by molar-refractivity contribution is 5.84. The second-order valence-corrected chi connectivity index (χ2v) is 9.13. The monoisotopic (exact) mass is 401 g/mol. The Labute approximate surface area is 176 Å². The lowest BCUT2D eigenvalue weighted by Gasteiger charge is -2.23. The summed E-state index contributed by atoms with van der Waals surface area (Å²) in [6.07, 6.45) is 6.63. The number of amides is 2. The molecule has 6 rings (SSSR count). The molecule has 1 aliphatic carbocycles. The fourth-order valence-corrected chi connectivity index (χ4v) is 5.29. The Morgan fingerprint density at radius 1 is 1.20 bits per heavy atom. The van der Waals surface area contributed by atoms with Gasteiger partial charge in [-0.05, 0) is 68.4 Å². The van der Waals surface area contributed by atoms with Crippen molar-refractivity contribution >= 4 is 16.9 Å². The van der Waals surface area contributed by atoms with Crippen LogP contribution in [0.1, 0.15) is 49.8 Å². The quantitative estimate of drug-likeness (QED) is 0.720. The van der Waals surface area contributed by atoms with E-state index in [0.717, 1.165) is 55.2 Å². The van der Waals surface area contributed by atoms with Crippen LogP contribution in [0, 0.1) is 0 Å². The number of nitrogens with one attached hydrogen (secondary N) is 1. The van der Waals surface area contributed by atoms with Crippen LogP contribution in [0.4, 0.5) is 4.79 Å². The second-order valence-electron chi connectivity index (χ2n) is 9.13. The van der Waals surface area contributed by atoms with Gasteiger partial charge in [0.05, 0.1) is 11.2 Å². The Balaban J connectivity index is 1.32. The number of fused-ring (bicyclic) bond motifs is 3. The molecule has 6 heteroatoms. The van der Waals surface area contributed by atoms with Crippen molar-refractivity contribution in [2.24, 2.45) is 0 Å². The molecular weight excluding hydrogens is 374 g/mol. The molecular formula is C24H27N5O. The average Bonchev–Trinajstić information content (AvgIpc) is 3.24. The van der Waals surface area contributed by atoms with E-state index in [2.05, 4.69) is 40.3 Å². The normalized spacial score (nSPS) is 22.8. The summed E-state index contributed by atoms with van der Waals surface area (Å²) in [6, 6.07) is 11.2. The molecule has 1 spiro atoms. The molecule has 2 aromatic heterocycles. The molecule has 4 heterocycles. The first-order chi connectivity index (χ1) is 14.6. The molecule has 1 atom stereocenters. The number of pyridine rings is 1. The standard InChI is InChI=1S/C24H27N5O/c1-2-25-23(30)28-9-7-24(15-28)8-10-29-22(24)13-21(27-29)19-12-18-11-17(16-3-4-16)5-6-20(18)26-14-19/h5-6,11-14,16H,2-4,7-10,15H2,1H3,(H,25,30). The SMILES string of the molecule is CCNC(=O)N1CCC2(CCn3nc(-c4cnc5ccc(C6CC6)cc5c4)cc32)C1. The van der Waals surface area contributed by atoms with E-state index in [1.165, 1.54) is 29.5 Å². The number of carbonyl (C=O) groups is 1. The third kappa shape index (κ3) is 2.81. The number of nitrogens with zero attached hydrogens (tertiary/aromatic N) is 4. The number of hydrogen-bond donors (Lipinski definition) is 1. The van der Waals surface area contributed by atoms with Gasteiger partial charge in [0.25, 0.3) is 0 Å². The fourth-order valence-electron chi connectivity index (χ4n) is 5.29. The van der Waals surface area contributed by atoms with Crippen molar-refractivity contribution in [3.05, 3.63) is 47.8 Å². The van der Waals surface area contributed by atoms with E-state index in [1.807, 2.05) is 18.0 Å². The Hall–Kier alpha value is -2.89. The van der Waals surface area contributed by atoms with E-state index >= 15 is 0 Å². The highest BCUT2D eigenvalue weighted by Gasteiger charge is 2.46. The van der Waals surface area contributed by atoms with Crippen LogP contribution in [0.3, 0.4) is 0 Å². The third-order valence-corrected chi connectivity index (χ3v) is 7.14. The summed E-state index contributed by atoms with van der Waals surface area (Å²) in [5, 5.41) is 9.06. The number of benzene rings is 1. The average molecular weight is 402 g/mol. The summed E-state index contributed by atoms with van der Waals surface area (Å²) in [5.41, 5.74) is 5.86. The number of aryl methyl sites for hydroxylation is 1. The Bertz CT molecular complexity index is 1150.